The fraction of sp³-hybridized carbons (Fsp3) is 0.333. The number of rotatable bonds is 5. The number of hydrogen-bond acceptors (Lipinski definition) is 4. The highest BCUT2D eigenvalue weighted by Gasteiger charge is 2.29. The third-order valence-electron chi connectivity index (χ3n) is 5.41. The van der Waals surface area contributed by atoms with E-state index in [0.29, 0.717) is 28.7 Å². The zero-order chi connectivity index (χ0) is 20.4. The maximum Gasteiger partial charge on any atom is 0.341 e. The van der Waals surface area contributed by atoms with Gasteiger partial charge in [0.2, 0.25) is 0 Å². The molecule has 1 aliphatic carbocycles. The van der Waals surface area contributed by atoms with Crippen molar-refractivity contribution in [3.05, 3.63) is 64.0 Å². The van der Waals surface area contributed by atoms with Crippen LogP contribution in [0.5, 0.6) is 0 Å². The summed E-state index contributed by atoms with van der Waals surface area (Å²) in [6, 6.07) is 13.5. The second kappa shape index (κ2) is 8.37. The van der Waals surface area contributed by atoms with Gasteiger partial charge in [-0.1, -0.05) is 50.2 Å². The third-order valence-corrected chi connectivity index (χ3v) is 6.58. The van der Waals surface area contributed by atoms with Crippen molar-refractivity contribution >= 4 is 39.0 Å². The zero-order valence-electron chi connectivity index (χ0n) is 16.8. The number of esters is 1. The molecule has 4 rings (SSSR count). The van der Waals surface area contributed by atoms with Crippen LogP contribution < -0.4 is 5.32 Å². The lowest BCUT2D eigenvalue weighted by Crippen LogP contribution is -2.17. The second-order valence-corrected chi connectivity index (χ2v) is 8.78. The Morgan fingerprint density at radius 3 is 2.79 bits per heavy atom. The molecule has 1 atom stereocenters. The molecule has 29 heavy (non-hydrogen) atoms. The summed E-state index contributed by atoms with van der Waals surface area (Å²) in [5.74, 6) is 0.0624. The largest absolute Gasteiger partial charge is 0.462 e. The van der Waals surface area contributed by atoms with Gasteiger partial charge in [0.15, 0.2) is 0 Å². The van der Waals surface area contributed by atoms with Crippen LogP contribution in [0.25, 0.3) is 10.8 Å². The highest BCUT2D eigenvalue weighted by Crippen LogP contribution is 2.40. The van der Waals surface area contributed by atoms with Gasteiger partial charge in [-0.15, -0.1) is 11.3 Å². The number of anilines is 1. The first kappa shape index (κ1) is 19.6. The van der Waals surface area contributed by atoms with Crippen molar-refractivity contribution in [2.45, 2.75) is 39.5 Å². The lowest BCUT2D eigenvalue weighted by Gasteiger charge is -2.18. The minimum Gasteiger partial charge on any atom is -0.462 e. The van der Waals surface area contributed by atoms with Crippen LogP contribution in [0.4, 0.5) is 5.00 Å². The Morgan fingerprint density at radius 2 is 1.97 bits per heavy atom. The average molecular weight is 408 g/mol. The predicted octanol–water partition coefficient (Wildman–Crippen LogP) is 5.85. The second-order valence-electron chi connectivity index (χ2n) is 7.67. The smallest absolute Gasteiger partial charge is 0.341 e. The number of amides is 1. The van der Waals surface area contributed by atoms with E-state index in [1.165, 1.54) is 16.2 Å². The number of nitrogens with one attached hydrogen (secondary N) is 1. The summed E-state index contributed by atoms with van der Waals surface area (Å²) in [5.41, 5.74) is 2.22. The molecule has 1 heterocycles. The Bertz CT molecular complexity index is 1060. The van der Waals surface area contributed by atoms with Gasteiger partial charge in [-0.05, 0) is 54.0 Å². The number of benzene rings is 2. The summed E-state index contributed by atoms with van der Waals surface area (Å²) in [7, 11) is 0. The Balaban J connectivity index is 1.70. The number of thiophene rings is 1. The van der Waals surface area contributed by atoms with Crippen molar-refractivity contribution in [2.24, 2.45) is 5.92 Å². The molecular weight excluding hydrogens is 382 g/mol. The Morgan fingerprint density at radius 1 is 1.17 bits per heavy atom. The maximum absolute atomic E-state index is 13.1. The molecular formula is C24H25NO3S. The first-order chi connectivity index (χ1) is 14.1. The van der Waals surface area contributed by atoms with E-state index in [1.807, 2.05) is 49.4 Å². The topological polar surface area (TPSA) is 55.4 Å². The van der Waals surface area contributed by atoms with Crippen LogP contribution in [-0.4, -0.2) is 18.5 Å². The Kier molecular flexibility index (Phi) is 5.67. The number of carbonyl (C=O) groups excluding carboxylic acids is 2. The van der Waals surface area contributed by atoms with E-state index in [-0.39, 0.29) is 11.9 Å². The van der Waals surface area contributed by atoms with Crippen molar-refractivity contribution in [1.82, 2.24) is 0 Å². The SMILES string of the molecule is CCCOC(=O)c1c(NC(=O)c2cccc3ccccc23)sc2c1CCC(C)C2. The van der Waals surface area contributed by atoms with Gasteiger partial charge in [0, 0.05) is 10.4 Å². The Hall–Kier alpha value is -2.66. The van der Waals surface area contributed by atoms with E-state index >= 15 is 0 Å². The van der Waals surface area contributed by atoms with Crippen LogP contribution in [0, 0.1) is 5.92 Å². The molecule has 0 radical (unpaired) electrons. The number of carbonyl (C=O) groups is 2. The molecule has 0 fully saturated rings. The molecule has 0 saturated carbocycles. The van der Waals surface area contributed by atoms with Gasteiger partial charge in [0.1, 0.15) is 5.00 Å². The van der Waals surface area contributed by atoms with Crippen molar-refractivity contribution in [1.29, 1.82) is 0 Å². The third kappa shape index (κ3) is 3.92. The van der Waals surface area contributed by atoms with Gasteiger partial charge in [-0.25, -0.2) is 4.79 Å². The molecule has 150 valence electrons. The van der Waals surface area contributed by atoms with Crippen LogP contribution in [0.1, 0.15) is 57.8 Å². The molecule has 0 spiro atoms. The highest BCUT2D eigenvalue weighted by molar-refractivity contribution is 7.17. The summed E-state index contributed by atoms with van der Waals surface area (Å²) < 4.78 is 5.44. The van der Waals surface area contributed by atoms with E-state index in [0.717, 1.165) is 42.0 Å². The summed E-state index contributed by atoms with van der Waals surface area (Å²) in [6.07, 6.45) is 3.62. The minimum atomic E-state index is -0.327. The maximum atomic E-state index is 13.1. The Labute approximate surface area is 174 Å². The molecule has 3 aromatic rings. The predicted molar refractivity (Wildman–Crippen MR) is 118 cm³/mol. The standard InChI is InChI=1S/C24H25NO3S/c1-3-13-28-24(27)21-19-12-11-15(2)14-20(19)29-23(21)25-22(26)18-10-6-8-16-7-4-5-9-17(16)18/h4-10,15H,3,11-14H2,1-2H3,(H,25,26). The highest BCUT2D eigenvalue weighted by atomic mass is 32.1. The summed E-state index contributed by atoms with van der Waals surface area (Å²) in [5, 5.41) is 5.56. The molecule has 0 aliphatic heterocycles. The van der Waals surface area contributed by atoms with Crippen molar-refractivity contribution < 1.29 is 14.3 Å². The average Bonchev–Trinajstić information content (AvgIpc) is 3.08. The number of fused-ring (bicyclic) bond motifs is 2. The first-order valence-corrected chi connectivity index (χ1v) is 11.0. The van der Waals surface area contributed by atoms with Crippen LogP contribution in [0.15, 0.2) is 42.5 Å². The normalized spacial score (nSPS) is 15.7. The van der Waals surface area contributed by atoms with Crippen molar-refractivity contribution in [2.75, 3.05) is 11.9 Å². The quantitative estimate of drug-likeness (QED) is 0.540. The molecule has 1 aliphatic rings. The number of ether oxygens (including phenoxy) is 1. The van der Waals surface area contributed by atoms with Gasteiger partial charge in [-0.3, -0.25) is 4.79 Å². The van der Waals surface area contributed by atoms with Crippen LogP contribution >= 0.6 is 11.3 Å². The lowest BCUT2D eigenvalue weighted by atomic mass is 9.88. The molecule has 1 N–H and O–H groups in total. The van der Waals surface area contributed by atoms with Gasteiger partial charge in [0.25, 0.3) is 5.91 Å². The van der Waals surface area contributed by atoms with E-state index in [1.54, 1.807) is 0 Å². The summed E-state index contributed by atoms with van der Waals surface area (Å²) in [6.45, 7) is 4.59. The molecule has 2 aromatic carbocycles. The minimum absolute atomic E-state index is 0.196. The van der Waals surface area contributed by atoms with E-state index < -0.39 is 0 Å². The van der Waals surface area contributed by atoms with Gasteiger partial charge >= 0.3 is 5.97 Å². The molecule has 1 unspecified atom stereocenters. The first-order valence-electron chi connectivity index (χ1n) is 10.2. The molecule has 0 bridgehead atoms. The van der Waals surface area contributed by atoms with Gasteiger partial charge in [-0.2, -0.15) is 0 Å². The van der Waals surface area contributed by atoms with E-state index in [2.05, 4.69) is 12.2 Å². The zero-order valence-corrected chi connectivity index (χ0v) is 17.6. The summed E-state index contributed by atoms with van der Waals surface area (Å²) in [4.78, 5) is 27.1. The van der Waals surface area contributed by atoms with Crippen LogP contribution in [0.2, 0.25) is 0 Å². The van der Waals surface area contributed by atoms with Crippen molar-refractivity contribution in [3.8, 4) is 0 Å². The molecule has 0 saturated heterocycles. The van der Waals surface area contributed by atoms with Crippen molar-refractivity contribution in [3.63, 3.8) is 0 Å². The van der Waals surface area contributed by atoms with E-state index in [4.69, 9.17) is 4.74 Å². The fourth-order valence-corrected chi connectivity index (χ4v) is 5.31. The monoisotopic (exact) mass is 407 g/mol. The molecule has 4 nitrogen and oxygen atoms in total. The van der Waals surface area contributed by atoms with E-state index in [9.17, 15) is 9.59 Å². The fourth-order valence-electron chi connectivity index (χ4n) is 3.92. The van der Waals surface area contributed by atoms with Gasteiger partial charge < -0.3 is 10.1 Å². The molecule has 5 heteroatoms. The van der Waals surface area contributed by atoms with Gasteiger partial charge in [0.05, 0.1) is 12.2 Å². The molecule has 1 aromatic heterocycles. The van der Waals surface area contributed by atoms with Crippen LogP contribution in [0.3, 0.4) is 0 Å². The van der Waals surface area contributed by atoms with Crippen LogP contribution in [-0.2, 0) is 17.6 Å². The lowest BCUT2D eigenvalue weighted by molar-refractivity contribution is 0.0505. The summed E-state index contributed by atoms with van der Waals surface area (Å²) >= 11 is 1.52. The molecule has 1 amide bonds. The number of hydrogen-bond donors (Lipinski definition) is 1.